The van der Waals surface area contributed by atoms with E-state index in [9.17, 15) is 18.0 Å². The molecule has 3 rings (SSSR count). The Morgan fingerprint density at radius 1 is 1.26 bits per heavy atom. The number of sulfonamides is 1. The number of aryl methyl sites for hydroxylation is 1. The smallest absolute Gasteiger partial charge is 0.254 e. The number of nitrogens with one attached hydrogen (secondary N) is 2. The van der Waals surface area contributed by atoms with Crippen molar-refractivity contribution in [3.63, 3.8) is 0 Å². The van der Waals surface area contributed by atoms with Gasteiger partial charge < -0.3 is 9.88 Å². The lowest BCUT2D eigenvalue weighted by atomic mass is 10.2. The third kappa shape index (κ3) is 3.03. The molecule has 1 aromatic heterocycles. The Morgan fingerprint density at radius 3 is 2.83 bits per heavy atom. The first-order valence-corrected chi connectivity index (χ1v) is 8.42. The highest BCUT2D eigenvalue weighted by atomic mass is 32.2. The van der Waals surface area contributed by atoms with Gasteiger partial charge in [0.15, 0.2) is 0 Å². The zero-order valence-corrected chi connectivity index (χ0v) is 13.2. The molecule has 2 heterocycles. The summed E-state index contributed by atoms with van der Waals surface area (Å²) in [5, 5.41) is 2.65. The fourth-order valence-corrected chi connectivity index (χ4v) is 3.47. The molecule has 1 aromatic carbocycles. The van der Waals surface area contributed by atoms with Gasteiger partial charge in [0.2, 0.25) is 15.9 Å². The van der Waals surface area contributed by atoms with Gasteiger partial charge in [0.1, 0.15) is 0 Å². The van der Waals surface area contributed by atoms with E-state index in [2.05, 4.69) is 10.0 Å². The second-order valence-electron chi connectivity index (χ2n) is 5.32. The van der Waals surface area contributed by atoms with Gasteiger partial charge in [-0.15, -0.1) is 0 Å². The Balaban J connectivity index is 1.83. The van der Waals surface area contributed by atoms with Crippen LogP contribution in [0.15, 0.2) is 46.2 Å². The monoisotopic (exact) mass is 333 g/mol. The minimum atomic E-state index is -3.76. The van der Waals surface area contributed by atoms with Crippen LogP contribution < -0.4 is 15.6 Å². The van der Waals surface area contributed by atoms with E-state index in [1.807, 2.05) is 0 Å². The number of carbonyl (C=O) groups is 1. The van der Waals surface area contributed by atoms with Crippen molar-refractivity contribution in [3.8, 4) is 0 Å². The highest BCUT2D eigenvalue weighted by Gasteiger charge is 2.21. The van der Waals surface area contributed by atoms with Crippen LogP contribution in [0, 0.1) is 0 Å². The molecule has 1 aliphatic rings. The maximum atomic E-state index is 12.4. The van der Waals surface area contributed by atoms with Crippen LogP contribution in [0.2, 0.25) is 0 Å². The quantitative estimate of drug-likeness (QED) is 0.844. The van der Waals surface area contributed by atoms with Crippen molar-refractivity contribution in [2.75, 3.05) is 5.32 Å². The minimum absolute atomic E-state index is 0.0699. The molecule has 120 valence electrons. The first-order valence-electron chi connectivity index (χ1n) is 6.94. The molecule has 2 aromatic rings. The van der Waals surface area contributed by atoms with Gasteiger partial charge in [0.25, 0.3) is 5.56 Å². The molecule has 23 heavy (non-hydrogen) atoms. The van der Waals surface area contributed by atoms with E-state index in [0.717, 1.165) is 0 Å². The lowest BCUT2D eigenvalue weighted by Crippen LogP contribution is -2.28. The van der Waals surface area contributed by atoms with Crippen molar-refractivity contribution < 1.29 is 13.2 Å². The molecule has 0 radical (unpaired) electrons. The number of hydrogen-bond donors (Lipinski definition) is 2. The molecule has 0 unspecified atom stereocenters. The van der Waals surface area contributed by atoms with Crippen LogP contribution >= 0.6 is 0 Å². The molecular weight excluding hydrogens is 318 g/mol. The molecule has 8 heteroatoms. The first kappa shape index (κ1) is 15.4. The number of hydrogen-bond acceptors (Lipinski definition) is 4. The van der Waals surface area contributed by atoms with Gasteiger partial charge in [-0.3, -0.25) is 9.59 Å². The van der Waals surface area contributed by atoms with Crippen LogP contribution in [0.3, 0.4) is 0 Å². The van der Waals surface area contributed by atoms with E-state index in [4.69, 9.17) is 0 Å². The van der Waals surface area contributed by atoms with Gasteiger partial charge >= 0.3 is 0 Å². The molecule has 0 saturated carbocycles. The molecule has 0 aliphatic carbocycles. The summed E-state index contributed by atoms with van der Waals surface area (Å²) in [4.78, 5) is 23.3. The summed E-state index contributed by atoms with van der Waals surface area (Å²) in [6, 6.07) is 7.72. The normalized spacial score (nSPS) is 13.7. The van der Waals surface area contributed by atoms with Crippen molar-refractivity contribution >= 4 is 21.6 Å². The van der Waals surface area contributed by atoms with Crippen LogP contribution in [0.25, 0.3) is 0 Å². The molecule has 7 nitrogen and oxygen atoms in total. The number of anilines is 1. The Hall–Kier alpha value is -2.45. The van der Waals surface area contributed by atoms with Gasteiger partial charge in [-0.2, -0.15) is 0 Å². The number of rotatable bonds is 4. The number of carbonyl (C=O) groups excluding carboxylic acids is 1. The molecule has 2 N–H and O–H groups in total. The number of benzene rings is 1. The van der Waals surface area contributed by atoms with Gasteiger partial charge in [-0.25, -0.2) is 13.1 Å². The zero-order valence-electron chi connectivity index (χ0n) is 12.4. The molecular formula is C15H15N3O4S. The SMILES string of the molecule is Cn1cccc(CNS(=O)(=O)c2ccc3c(c2)CC(=O)N3)c1=O. The number of amides is 1. The van der Waals surface area contributed by atoms with Crippen LogP contribution in [-0.2, 0) is 34.8 Å². The molecule has 0 spiro atoms. The molecule has 1 aliphatic heterocycles. The van der Waals surface area contributed by atoms with Crippen molar-refractivity contribution in [2.45, 2.75) is 17.9 Å². The van der Waals surface area contributed by atoms with E-state index in [0.29, 0.717) is 16.8 Å². The fraction of sp³-hybridized carbons (Fsp3) is 0.200. The van der Waals surface area contributed by atoms with Crippen molar-refractivity contribution in [3.05, 3.63) is 58.0 Å². The minimum Gasteiger partial charge on any atom is -0.326 e. The highest BCUT2D eigenvalue weighted by Crippen LogP contribution is 2.25. The number of fused-ring (bicyclic) bond motifs is 1. The van der Waals surface area contributed by atoms with Crippen LogP contribution in [-0.4, -0.2) is 18.9 Å². The Bertz CT molecular complexity index is 947. The Kier molecular flexibility index (Phi) is 3.78. The van der Waals surface area contributed by atoms with Crippen molar-refractivity contribution in [1.29, 1.82) is 0 Å². The number of aromatic nitrogens is 1. The van der Waals surface area contributed by atoms with Crippen LogP contribution in [0.1, 0.15) is 11.1 Å². The number of nitrogens with zero attached hydrogens (tertiary/aromatic N) is 1. The van der Waals surface area contributed by atoms with Gasteiger partial charge in [0, 0.05) is 31.0 Å². The standard InChI is InChI=1S/C15H15N3O4S/c1-18-6-2-3-10(15(18)20)9-16-23(21,22)12-4-5-13-11(7-12)8-14(19)17-13/h2-7,16H,8-9H2,1H3,(H,17,19). The summed E-state index contributed by atoms with van der Waals surface area (Å²) in [6.07, 6.45) is 1.77. The van der Waals surface area contributed by atoms with E-state index >= 15 is 0 Å². The van der Waals surface area contributed by atoms with E-state index < -0.39 is 10.0 Å². The summed E-state index contributed by atoms with van der Waals surface area (Å²) >= 11 is 0. The average Bonchev–Trinajstić information content (AvgIpc) is 2.88. The van der Waals surface area contributed by atoms with Crippen molar-refractivity contribution in [2.24, 2.45) is 7.05 Å². The van der Waals surface area contributed by atoms with E-state index in [1.165, 1.54) is 16.7 Å². The lowest BCUT2D eigenvalue weighted by molar-refractivity contribution is -0.115. The average molecular weight is 333 g/mol. The van der Waals surface area contributed by atoms with E-state index in [1.54, 1.807) is 31.4 Å². The van der Waals surface area contributed by atoms with Crippen molar-refractivity contribution in [1.82, 2.24) is 9.29 Å². The number of pyridine rings is 1. The highest BCUT2D eigenvalue weighted by molar-refractivity contribution is 7.89. The largest absolute Gasteiger partial charge is 0.326 e. The summed E-state index contributed by atoms with van der Waals surface area (Å²) < 4.78 is 28.5. The molecule has 0 atom stereocenters. The summed E-state index contributed by atoms with van der Waals surface area (Å²) in [5.74, 6) is -0.157. The topological polar surface area (TPSA) is 97.3 Å². The van der Waals surface area contributed by atoms with Gasteiger partial charge in [-0.1, -0.05) is 6.07 Å². The first-order chi connectivity index (χ1) is 10.9. The maximum Gasteiger partial charge on any atom is 0.254 e. The second-order valence-corrected chi connectivity index (χ2v) is 7.08. The Morgan fingerprint density at radius 2 is 2.04 bits per heavy atom. The van der Waals surface area contributed by atoms with Gasteiger partial charge in [-0.05, 0) is 29.8 Å². The van der Waals surface area contributed by atoms with E-state index in [-0.39, 0.29) is 29.3 Å². The molecule has 0 saturated heterocycles. The summed E-state index contributed by atoms with van der Waals surface area (Å²) in [7, 11) is -2.16. The van der Waals surface area contributed by atoms with Crippen LogP contribution in [0.5, 0.6) is 0 Å². The maximum absolute atomic E-state index is 12.4. The van der Waals surface area contributed by atoms with Gasteiger partial charge in [0.05, 0.1) is 11.3 Å². The third-order valence-electron chi connectivity index (χ3n) is 3.67. The Labute approximate surface area is 133 Å². The predicted molar refractivity (Wildman–Crippen MR) is 84.5 cm³/mol. The molecule has 0 fully saturated rings. The molecule has 1 amide bonds. The molecule has 0 bridgehead atoms. The third-order valence-corrected chi connectivity index (χ3v) is 5.07. The lowest BCUT2D eigenvalue weighted by Gasteiger charge is -2.08. The fourth-order valence-electron chi connectivity index (χ4n) is 2.42. The second kappa shape index (κ2) is 5.64. The van der Waals surface area contributed by atoms with Crippen LogP contribution in [0.4, 0.5) is 5.69 Å². The predicted octanol–water partition coefficient (Wildman–Crippen LogP) is 0.358. The summed E-state index contributed by atoms with van der Waals surface area (Å²) in [6.45, 7) is -0.0931. The zero-order chi connectivity index (χ0) is 16.6. The summed E-state index contributed by atoms with van der Waals surface area (Å²) in [5.41, 5.74) is 1.38.